The van der Waals surface area contributed by atoms with Crippen LogP contribution < -0.4 is 10.5 Å². The Morgan fingerprint density at radius 1 is 1.28 bits per heavy atom. The lowest BCUT2D eigenvalue weighted by molar-refractivity contribution is 0.415. The molecule has 0 fully saturated rings. The third kappa shape index (κ3) is 2.57. The summed E-state index contributed by atoms with van der Waals surface area (Å²) in [6.45, 7) is 2.06. The van der Waals surface area contributed by atoms with E-state index in [9.17, 15) is 0 Å². The second kappa shape index (κ2) is 5.29. The molecule has 0 unspecified atom stereocenters. The van der Waals surface area contributed by atoms with Gasteiger partial charge in [-0.1, -0.05) is 11.6 Å². The molecule has 0 bridgehead atoms. The van der Waals surface area contributed by atoms with E-state index in [0.717, 1.165) is 5.56 Å². The van der Waals surface area contributed by atoms with E-state index in [4.69, 9.17) is 22.1 Å². The number of nitrogens with two attached hydrogens (primary N) is 1. The molecular weight excluding hydrogens is 252 g/mol. The van der Waals surface area contributed by atoms with Gasteiger partial charge in [0.25, 0.3) is 0 Å². The van der Waals surface area contributed by atoms with Crippen molar-refractivity contribution in [1.82, 2.24) is 15.0 Å². The van der Waals surface area contributed by atoms with Gasteiger partial charge < -0.3 is 10.5 Å². The number of aromatic nitrogens is 3. The summed E-state index contributed by atoms with van der Waals surface area (Å²) in [7, 11) is 1.59. The highest BCUT2D eigenvalue weighted by Crippen LogP contribution is 2.28. The molecule has 18 heavy (non-hydrogen) atoms. The van der Waals surface area contributed by atoms with E-state index >= 15 is 0 Å². The van der Waals surface area contributed by atoms with E-state index in [-0.39, 0.29) is 6.54 Å². The van der Waals surface area contributed by atoms with Gasteiger partial charge in [0, 0.05) is 5.56 Å². The van der Waals surface area contributed by atoms with Crippen molar-refractivity contribution in [2.75, 3.05) is 7.11 Å². The van der Waals surface area contributed by atoms with Gasteiger partial charge in [0.15, 0.2) is 5.82 Å². The summed E-state index contributed by atoms with van der Waals surface area (Å²) in [6.07, 6.45) is 0. The molecule has 0 aliphatic rings. The summed E-state index contributed by atoms with van der Waals surface area (Å²) < 4.78 is 5.10. The fourth-order valence-corrected chi connectivity index (χ4v) is 1.81. The second-order valence-electron chi connectivity index (χ2n) is 3.67. The molecule has 2 rings (SSSR count). The Bertz CT molecular complexity index is 574. The van der Waals surface area contributed by atoms with E-state index in [0.29, 0.717) is 28.2 Å². The van der Waals surface area contributed by atoms with E-state index in [1.54, 1.807) is 20.1 Å². The van der Waals surface area contributed by atoms with Crippen LogP contribution in [0.4, 0.5) is 0 Å². The fourth-order valence-electron chi connectivity index (χ4n) is 1.55. The van der Waals surface area contributed by atoms with Crippen molar-refractivity contribution in [1.29, 1.82) is 0 Å². The first-order valence-electron chi connectivity index (χ1n) is 5.39. The molecule has 0 saturated heterocycles. The van der Waals surface area contributed by atoms with Gasteiger partial charge in [-0.15, -0.1) is 0 Å². The molecule has 94 valence electrons. The molecular formula is C12H13ClN4O. The van der Waals surface area contributed by atoms with Crippen molar-refractivity contribution in [3.63, 3.8) is 0 Å². The summed E-state index contributed by atoms with van der Waals surface area (Å²) in [5.74, 6) is 2.38. The monoisotopic (exact) mass is 264 g/mol. The lowest BCUT2D eigenvalue weighted by Crippen LogP contribution is -2.07. The lowest BCUT2D eigenvalue weighted by atomic mass is 10.2. The molecule has 0 saturated carbocycles. The third-order valence-electron chi connectivity index (χ3n) is 2.39. The van der Waals surface area contributed by atoms with Gasteiger partial charge in [0.2, 0.25) is 0 Å². The molecule has 5 nitrogen and oxygen atoms in total. The highest BCUT2D eigenvalue weighted by molar-refractivity contribution is 6.33. The van der Waals surface area contributed by atoms with Crippen molar-refractivity contribution in [2.24, 2.45) is 5.73 Å². The van der Waals surface area contributed by atoms with Gasteiger partial charge in [0.05, 0.1) is 18.7 Å². The van der Waals surface area contributed by atoms with Crippen LogP contribution in [0.1, 0.15) is 11.6 Å². The molecule has 0 spiro atoms. The van der Waals surface area contributed by atoms with E-state index in [2.05, 4.69) is 15.0 Å². The lowest BCUT2D eigenvalue weighted by Gasteiger charge is -2.07. The second-order valence-corrected chi connectivity index (χ2v) is 4.08. The molecule has 1 aromatic heterocycles. The zero-order valence-corrected chi connectivity index (χ0v) is 10.9. The zero-order chi connectivity index (χ0) is 13.1. The number of aryl methyl sites for hydroxylation is 1. The van der Waals surface area contributed by atoms with Crippen LogP contribution in [-0.2, 0) is 6.54 Å². The number of halogens is 1. The molecule has 1 aromatic carbocycles. The van der Waals surface area contributed by atoms with Crippen LogP contribution in [0.25, 0.3) is 11.4 Å². The molecule has 0 atom stereocenters. The molecule has 0 radical (unpaired) electrons. The Labute approximate surface area is 110 Å². The van der Waals surface area contributed by atoms with Crippen LogP contribution >= 0.6 is 11.6 Å². The van der Waals surface area contributed by atoms with E-state index in [1.165, 1.54) is 0 Å². The minimum absolute atomic E-state index is 0.268. The molecule has 0 aliphatic heterocycles. The Balaban J connectivity index is 2.51. The Morgan fingerprint density at radius 3 is 2.67 bits per heavy atom. The summed E-state index contributed by atoms with van der Waals surface area (Å²) >= 11 is 6.18. The Morgan fingerprint density at radius 2 is 2.06 bits per heavy atom. The summed E-state index contributed by atoms with van der Waals surface area (Å²) in [6, 6.07) is 5.34. The topological polar surface area (TPSA) is 73.9 Å². The van der Waals surface area contributed by atoms with Crippen molar-refractivity contribution in [3.8, 4) is 17.1 Å². The van der Waals surface area contributed by atoms with Gasteiger partial charge in [-0.25, -0.2) is 15.0 Å². The Kier molecular flexibility index (Phi) is 3.74. The summed E-state index contributed by atoms with van der Waals surface area (Å²) in [5.41, 5.74) is 6.28. The molecule has 6 heteroatoms. The van der Waals surface area contributed by atoms with E-state index < -0.39 is 0 Å². The minimum atomic E-state index is 0.268. The van der Waals surface area contributed by atoms with Crippen LogP contribution in [-0.4, -0.2) is 22.1 Å². The van der Waals surface area contributed by atoms with Crippen molar-refractivity contribution in [2.45, 2.75) is 13.5 Å². The number of rotatable bonds is 3. The number of methoxy groups -OCH3 is 1. The quantitative estimate of drug-likeness (QED) is 0.917. The molecule has 0 aliphatic carbocycles. The first-order chi connectivity index (χ1) is 8.63. The number of hydrogen-bond acceptors (Lipinski definition) is 5. The highest BCUT2D eigenvalue weighted by atomic mass is 35.5. The van der Waals surface area contributed by atoms with Crippen molar-refractivity contribution < 1.29 is 4.74 Å². The third-order valence-corrected chi connectivity index (χ3v) is 2.71. The predicted molar refractivity (Wildman–Crippen MR) is 69.5 cm³/mol. The van der Waals surface area contributed by atoms with E-state index in [1.807, 2.05) is 12.1 Å². The number of nitrogens with zero attached hydrogens (tertiary/aromatic N) is 3. The first kappa shape index (κ1) is 12.7. The Hall–Kier alpha value is -1.72. The fraction of sp³-hybridized carbons (Fsp3) is 0.250. The number of benzene rings is 1. The van der Waals surface area contributed by atoms with Gasteiger partial charge in [-0.3, -0.25) is 0 Å². The maximum absolute atomic E-state index is 6.18. The van der Waals surface area contributed by atoms with Crippen molar-refractivity contribution >= 4 is 11.6 Å². The van der Waals surface area contributed by atoms with Gasteiger partial charge in [-0.05, 0) is 25.1 Å². The van der Waals surface area contributed by atoms with Crippen LogP contribution in [0.2, 0.25) is 5.02 Å². The van der Waals surface area contributed by atoms with Crippen LogP contribution in [0, 0.1) is 6.92 Å². The smallest absolute Gasteiger partial charge is 0.164 e. The zero-order valence-electron chi connectivity index (χ0n) is 10.1. The summed E-state index contributed by atoms with van der Waals surface area (Å²) in [5, 5.41) is 0.530. The van der Waals surface area contributed by atoms with Gasteiger partial charge >= 0.3 is 0 Å². The molecule has 0 amide bonds. The minimum Gasteiger partial charge on any atom is -0.497 e. The van der Waals surface area contributed by atoms with Crippen LogP contribution in [0.5, 0.6) is 5.75 Å². The normalized spacial score (nSPS) is 10.4. The maximum atomic E-state index is 6.18. The molecule has 1 heterocycles. The van der Waals surface area contributed by atoms with Gasteiger partial charge in [-0.2, -0.15) is 0 Å². The average molecular weight is 265 g/mol. The van der Waals surface area contributed by atoms with Crippen molar-refractivity contribution in [3.05, 3.63) is 34.9 Å². The first-order valence-corrected chi connectivity index (χ1v) is 5.77. The summed E-state index contributed by atoms with van der Waals surface area (Å²) in [4.78, 5) is 12.7. The largest absolute Gasteiger partial charge is 0.497 e. The number of ether oxygens (including phenoxy) is 1. The molecule has 2 aromatic rings. The maximum Gasteiger partial charge on any atom is 0.164 e. The predicted octanol–water partition coefficient (Wildman–Crippen LogP) is 1.97. The SMILES string of the molecule is COc1ccc(-c2nc(C)nc(CN)n2)c(Cl)c1. The van der Waals surface area contributed by atoms with Crippen LogP contribution in [0.3, 0.4) is 0 Å². The average Bonchev–Trinajstić information content (AvgIpc) is 2.37. The standard InChI is InChI=1S/C12H13ClN4O/c1-7-15-11(6-14)17-12(16-7)9-4-3-8(18-2)5-10(9)13/h3-5H,6,14H2,1-2H3. The molecule has 2 N–H and O–H groups in total. The number of hydrogen-bond donors (Lipinski definition) is 1. The van der Waals surface area contributed by atoms with Gasteiger partial charge in [0.1, 0.15) is 17.4 Å². The van der Waals surface area contributed by atoms with Crippen LogP contribution in [0.15, 0.2) is 18.2 Å². The highest BCUT2D eigenvalue weighted by Gasteiger charge is 2.10.